The van der Waals surface area contributed by atoms with Crippen LogP contribution >= 0.6 is 0 Å². The van der Waals surface area contributed by atoms with Crippen LogP contribution in [0.25, 0.3) is 22.1 Å². The molecule has 4 rings (SSSR count). The van der Waals surface area contributed by atoms with Crippen molar-refractivity contribution in [1.82, 2.24) is 0 Å². The molecule has 0 saturated carbocycles. The smallest absolute Gasteiger partial charge is 0.416 e. The molecule has 0 spiro atoms. The van der Waals surface area contributed by atoms with Gasteiger partial charge in [-0.15, -0.1) is 0 Å². The van der Waals surface area contributed by atoms with Gasteiger partial charge in [-0.3, -0.25) is 0 Å². The Kier molecular flexibility index (Phi) is 5.08. The molecule has 4 aromatic rings. The lowest BCUT2D eigenvalue weighted by Gasteiger charge is -2.14. The van der Waals surface area contributed by atoms with E-state index in [0.29, 0.717) is 27.8 Å². The summed E-state index contributed by atoms with van der Waals surface area (Å²) in [5.74, 6) is 0.435. The largest absolute Gasteiger partial charge is 0.488 e. The van der Waals surface area contributed by atoms with E-state index in [0.717, 1.165) is 23.3 Å². The summed E-state index contributed by atoms with van der Waals surface area (Å²) in [7, 11) is 0. The van der Waals surface area contributed by atoms with Gasteiger partial charge in [-0.2, -0.15) is 13.2 Å². The molecule has 1 heterocycles. The highest BCUT2D eigenvalue weighted by atomic mass is 19.4. The molecular weight excluding hydrogens is 393 g/mol. The fourth-order valence-corrected chi connectivity index (χ4v) is 3.35. The SMILES string of the molecule is Cc1cc(OCc2cccc(C(F)(F)F)c2)c2c(-c3ccccc3)cc(=O)oc2c1. The number of alkyl halides is 3. The number of fused-ring (bicyclic) bond motifs is 1. The molecule has 6 heteroatoms. The summed E-state index contributed by atoms with van der Waals surface area (Å²) < 4.78 is 50.3. The number of ether oxygens (including phenoxy) is 1. The fourth-order valence-electron chi connectivity index (χ4n) is 3.35. The van der Waals surface area contributed by atoms with Gasteiger partial charge in [-0.25, -0.2) is 4.79 Å². The number of aryl methyl sites for hydroxylation is 1. The van der Waals surface area contributed by atoms with Crippen molar-refractivity contribution >= 4 is 11.0 Å². The monoisotopic (exact) mass is 410 g/mol. The van der Waals surface area contributed by atoms with E-state index in [-0.39, 0.29) is 6.61 Å². The summed E-state index contributed by atoms with van der Waals surface area (Å²) in [4.78, 5) is 12.1. The van der Waals surface area contributed by atoms with E-state index in [1.54, 1.807) is 18.2 Å². The minimum absolute atomic E-state index is 0.0597. The lowest BCUT2D eigenvalue weighted by Crippen LogP contribution is -2.06. The van der Waals surface area contributed by atoms with E-state index < -0.39 is 17.4 Å². The second-order valence-electron chi connectivity index (χ2n) is 6.97. The van der Waals surface area contributed by atoms with Gasteiger partial charge in [0.05, 0.1) is 10.9 Å². The summed E-state index contributed by atoms with van der Waals surface area (Å²) in [6.45, 7) is 1.77. The molecule has 3 nitrogen and oxygen atoms in total. The first kappa shape index (κ1) is 19.8. The van der Waals surface area contributed by atoms with Crippen molar-refractivity contribution in [3.05, 3.63) is 99.9 Å². The van der Waals surface area contributed by atoms with E-state index in [9.17, 15) is 18.0 Å². The Balaban J connectivity index is 1.79. The maximum atomic E-state index is 13.0. The maximum absolute atomic E-state index is 13.0. The molecule has 3 aromatic carbocycles. The van der Waals surface area contributed by atoms with Crippen molar-refractivity contribution in [2.24, 2.45) is 0 Å². The molecule has 1 aromatic heterocycles. The van der Waals surface area contributed by atoms with E-state index >= 15 is 0 Å². The van der Waals surface area contributed by atoms with Crippen molar-refractivity contribution in [2.75, 3.05) is 0 Å². The lowest BCUT2D eigenvalue weighted by atomic mass is 10.0. The van der Waals surface area contributed by atoms with Crippen LogP contribution in [-0.4, -0.2) is 0 Å². The summed E-state index contributed by atoms with van der Waals surface area (Å²) in [5.41, 5.74) is 1.78. The Morgan fingerprint density at radius 3 is 2.43 bits per heavy atom. The van der Waals surface area contributed by atoms with Gasteiger partial charge in [0, 0.05) is 11.6 Å². The first-order chi connectivity index (χ1) is 14.3. The Labute approximate surface area is 170 Å². The quantitative estimate of drug-likeness (QED) is 0.367. The molecule has 0 saturated heterocycles. The van der Waals surface area contributed by atoms with Crippen LogP contribution in [0.1, 0.15) is 16.7 Å². The van der Waals surface area contributed by atoms with Crippen LogP contribution in [0.15, 0.2) is 82.0 Å². The zero-order valence-electron chi connectivity index (χ0n) is 16.0. The third-order valence-corrected chi connectivity index (χ3v) is 4.69. The Morgan fingerprint density at radius 1 is 0.933 bits per heavy atom. The van der Waals surface area contributed by atoms with Crippen molar-refractivity contribution in [3.63, 3.8) is 0 Å². The van der Waals surface area contributed by atoms with Crippen LogP contribution in [-0.2, 0) is 12.8 Å². The third-order valence-electron chi connectivity index (χ3n) is 4.69. The fraction of sp³-hybridized carbons (Fsp3) is 0.125. The molecule has 0 aliphatic rings. The molecule has 152 valence electrons. The molecule has 0 unspecified atom stereocenters. The summed E-state index contributed by atoms with van der Waals surface area (Å²) >= 11 is 0. The molecule has 0 aliphatic heterocycles. The van der Waals surface area contributed by atoms with E-state index in [1.807, 2.05) is 37.3 Å². The van der Waals surface area contributed by atoms with Crippen LogP contribution in [0, 0.1) is 6.92 Å². The van der Waals surface area contributed by atoms with Crippen LogP contribution in [0.5, 0.6) is 5.75 Å². The van der Waals surface area contributed by atoms with Gasteiger partial charge < -0.3 is 9.15 Å². The molecular formula is C24H17F3O3. The maximum Gasteiger partial charge on any atom is 0.416 e. The highest BCUT2D eigenvalue weighted by Gasteiger charge is 2.30. The van der Waals surface area contributed by atoms with Crippen molar-refractivity contribution in [1.29, 1.82) is 0 Å². The van der Waals surface area contributed by atoms with E-state index in [1.165, 1.54) is 12.1 Å². The third kappa shape index (κ3) is 4.08. The van der Waals surface area contributed by atoms with Gasteiger partial charge in [-0.1, -0.05) is 42.5 Å². The van der Waals surface area contributed by atoms with Gasteiger partial charge in [0.1, 0.15) is 17.9 Å². The van der Waals surface area contributed by atoms with Crippen LogP contribution in [0.4, 0.5) is 13.2 Å². The van der Waals surface area contributed by atoms with Crippen LogP contribution < -0.4 is 10.4 Å². The van der Waals surface area contributed by atoms with Gasteiger partial charge in [0.25, 0.3) is 0 Å². The molecule has 0 aliphatic carbocycles. The van der Waals surface area contributed by atoms with Crippen LogP contribution in [0.3, 0.4) is 0 Å². The summed E-state index contributed by atoms with van der Waals surface area (Å²) in [5, 5.41) is 0.596. The Morgan fingerprint density at radius 2 is 1.70 bits per heavy atom. The molecule has 0 radical (unpaired) electrons. The van der Waals surface area contributed by atoms with Gasteiger partial charge in [0.15, 0.2) is 0 Å². The molecule has 0 bridgehead atoms. The molecule has 30 heavy (non-hydrogen) atoms. The highest BCUT2D eigenvalue weighted by Crippen LogP contribution is 2.36. The number of hydrogen-bond donors (Lipinski definition) is 0. The first-order valence-electron chi connectivity index (χ1n) is 9.24. The number of hydrogen-bond acceptors (Lipinski definition) is 3. The number of rotatable bonds is 4. The predicted octanol–water partition coefficient (Wildman–Crippen LogP) is 6.37. The van der Waals surface area contributed by atoms with Gasteiger partial charge in [0.2, 0.25) is 0 Å². The minimum Gasteiger partial charge on any atom is -0.488 e. The summed E-state index contributed by atoms with van der Waals surface area (Å²) in [6, 6.07) is 19.2. The topological polar surface area (TPSA) is 39.4 Å². The normalized spacial score (nSPS) is 11.6. The van der Waals surface area contributed by atoms with E-state index in [4.69, 9.17) is 9.15 Å². The molecule has 0 N–H and O–H groups in total. The molecule has 0 fully saturated rings. The lowest BCUT2D eigenvalue weighted by molar-refractivity contribution is -0.137. The second-order valence-corrected chi connectivity index (χ2v) is 6.97. The minimum atomic E-state index is -4.42. The average Bonchev–Trinajstić information content (AvgIpc) is 2.71. The number of halogens is 3. The van der Waals surface area contributed by atoms with Crippen molar-refractivity contribution in [3.8, 4) is 16.9 Å². The molecule has 0 amide bonds. The van der Waals surface area contributed by atoms with Crippen LogP contribution in [0.2, 0.25) is 0 Å². The van der Waals surface area contributed by atoms with Crippen molar-refractivity contribution < 1.29 is 22.3 Å². The van der Waals surface area contributed by atoms with Gasteiger partial charge in [-0.05, 0) is 47.9 Å². The predicted molar refractivity (Wildman–Crippen MR) is 108 cm³/mol. The highest BCUT2D eigenvalue weighted by molar-refractivity contribution is 5.98. The zero-order valence-corrected chi connectivity index (χ0v) is 16.0. The second kappa shape index (κ2) is 7.71. The Bertz CT molecular complexity index is 1260. The zero-order chi connectivity index (χ0) is 21.3. The first-order valence-corrected chi connectivity index (χ1v) is 9.24. The average molecular weight is 410 g/mol. The van der Waals surface area contributed by atoms with Crippen molar-refractivity contribution in [2.45, 2.75) is 19.7 Å². The number of benzene rings is 3. The standard InChI is InChI=1S/C24H17F3O3/c1-15-10-20(29-14-16-6-5-9-18(12-16)24(25,26)27)23-19(17-7-3-2-4-8-17)13-22(28)30-21(23)11-15/h2-13H,14H2,1H3. The van der Waals surface area contributed by atoms with E-state index in [2.05, 4.69) is 0 Å². The molecule has 0 atom stereocenters. The summed E-state index contributed by atoms with van der Waals surface area (Å²) in [6.07, 6.45) is -4.42. The Hall–Kier alpha value is -3.54. The van der Waals surface area contributed by atoms with Gasteiger partial charge >= 0.3 is 11.8 Å².